The largest absolute Gasteiger partial charge is 0.396 e. The van der Waals surface area contributed by atoms with E-state index in [9.17, 15) is 0 Å². The monoisotopic (exact) mass is 674 g/mol. The van der Waals surface area contributed by atoms with Crippen LogP contribution in [0.3, 0.4) is 0 Å². The summed E-state index contributed by atoms with van der Waals surface area (Å²) in [7, 11) is 6.26. The number of rotatable bonds is 11. The highest BCUT2D eigenvalue weighted by Crippen LogP contribution is 2.22. The molecule has 0 spiro atoms. The zero-order valence-corrected chi connectivity index (χ0v) is 36.1. The van der Waals surface area contributed by atoms with Crippen molar-refractivity contribution in [1.29, 1.82) is 0 Å². The average molecular weight is 674 g/mol. The molecule has 0 aromatic rings. The van der Waals surface area contributed by atoms with Crippen LogP contribution in [0, 0.1) is 27.1 Å². The fourth-order valence-electron chi connectivity index (χ4n) is 4.44. The van der Waals surface area contributed by atoms with Crippen LogP contribution >= 0.6 is 0 Å². The summed E-state index contributed by atoms with van der Waals surface area (Å²) in [5.74, 6) is 0. The number of nitrogens with one attached hydrogen (secondary N) is 1. The molecule has 0 radical (unpaired) electrons. The Morgan fingerprint density at radius 3 is 1.23 bits per heavy atom. The van der Waals surface area contributed by atoms with Crippen molar-refractivity contribution in [3.8, 4) is 0 Å². The van der Waals surface area contributed by atoms with Crippen LogP contribution in [-0.4, -0.2) is 75.4 Å². The van der Waals surface area contributed by atoms with E-state index in [1.165, 1.54) is 103 Å². The summed E-state index contributed by atoms with van der Waals surface area (Å²) in [6.07, 6.45) is 16.4. The van der Waals surface area contributed by atoms with Crippen molar-refractivity contribution in [1.82, 2.24) is 15.1 Å². The Morgan fingerprint density at radius 2 is 0.936 bits per heavy atom. The Morgan fingerprint density at radius 1 is 0.574 bits per heavy atom. The summed E-state index contributed by atoms with van der Waals surface area (Å²) in [5, 5.41) is 11.5. The maximum atomic E-state index is 8.40. The Kier molecular flexibility index (Phi) is 36.7. The zero-order chi connectivity index (χ0) is 37.1. The Bertz CT molecular complexity index is 603. The first-order valence-corrected chi connectivity index (χ1v) is 19.3. The van der Waals surface area contributed by atoms with Crippen LogP contribution in [0.25, 0.3) is 0 Å². The van der Waals surface area contributed by atoms with Gasteiger partial charge in [-0.3, -0.25) is 0 Å². The minimum atomic E-state index is 0. The molecule has 1 aliphatic heterocycles. The van der Waals surface area contributed by atoms with E-state index >= 15 is 0 Å². The topological polar surface area (TPSA) is 38.7 Å². The van der Waals surface area contributed by atoms with Crippen molar-refractivity contribution in [2.24, 2.45) is 27.1 Å². The molecule has 1 aliphatic rings. The first-order valence-electron chi connectivity index (χ1n) is 19.3. The lowest BCUT2D eigenvalue weighted by Gasteiger charge is -2.27. The second kappa shape index (κ2) is 30.6. The lowest BCUT2D eigenvalue weighted by molar-refractivity contribution is 0.177. The Hall–Kier alpha value is -0.160. The molecule has 0 aromatic carbocycles. The summed E-state index contributed by atoms with van der Waals surface area (Å²) >= 11 is 0. The van der Waals surface area contributed by atoms with Crippen molar-refractivity contribution >= 4 is 0 Å². The van der Waals surface area contributed by atoms with E-state index in [1.807, 2.05) is 27.8 Å². The van der Waals surface area contributed by atoms with Crippen LogP contribution < -0.4 is 5.32 Å². The molecule has 4 nitrogen and oxygen atoms in total. The third kappa shape index (κ3) is 68.6. The fourth-order valence-corrected chi connectivity index (χ4v) is 4.44. The Balaban J connectivity index is -0.000000159. The summed E-state index contributed by atoms with van der Waals surface area (Å²) in [4.78, 5) is 4.88. The van der Waals surface area contributed by atoms with Gasteiger partial charge in [-0.15, -0.1) is 0 Å². The molecule has 47 heavy (non-hydrogen) atoms. The lowest BCUT2D eigenvalue weighted by atomic mass is 9.90. The van der Waals surface area contributed by atoms with Gasteiger partial charge in [-0.2, -0.15) is 0 Å². The van der Waals surface area contributed by atoms with E-state index < -0.39 is 0 Å². The van der Waals surface area contributed by atoms with Crippen LogP contribution in [0.1, 0.15) is 195 Å². The minimum absolute atomic E-state index is 0. The maximum absolute atomic E-state index is 8.40. The first kappa shape index (κ1) is 56.2. The van der Waals surface area contributed by atoms with Crippen LogP contribution in [0.4, 0.5) is 0 Å². The third-order valence-electron chi connectivity index (χ3n) is 7.49. The molecule has 0 aliphatic carbocycles. The van der Waals surface area contributed by atoms with Gasteiger partial charge in [-0.05, 0) is 139 Å². The van der Waals surface area contributed by atoms with Crippen LogP contribution in [0.2, 0.25) is 0 Å². The summed E-state index contributed by atoms with van der Waals surface area (Å²) in [6.45, 7) is 42.5. The number of unbranched alkanes of at least 4 members (excludes halogenated alkanes) is 1. The molecule has 1 rings (SSSR count). The molecular weight excluding hydrogens is 574 g/mol. The predicted molar refractivity (Wildman–Crippen MR) is 221 cm³/mol. The van der Waals surface area contributed by atoms with E-state index in [4.69, 9.17) is 5.11 Å². The lowest BCUT2D eigenvalue weighted by Crippen LogP contribution is -2.31. The van der Waals surface area contributed by atoms with Gasteiger partial charge in [0.2, 0.25) is 0 Å². The molecule has 0 amide bonds. The average Bonchev–Trinajstić information content (AvgIpc) is 2.86. The molecule has 292 valence electrons. The second-order valence-electron chi connectivity index (χ2n) is 20.2. The molecule has 2 N–H and O–H groups in total. The highest BCUT2D eigenvalue weighted by atomic mass is 16.3. The van der Waals surface area contributed by atoms with Gasteiger partial charge >= 0.3 is 0 Å². The summed E-state index contributed by atoms with van der Waals surface area (Å²) < 4.78 is 0. The predicted octanol–water partition coefficient (Wildman–Crippen LogP) is 12.6. The quantitative estimate of drug-likeness (QED) is 0.214. The van der Waals surface area contributed by atoms with Gasteiger partial charge in [0.15, 0.2) is 0 Å². The van der Waals surface area contributed by atoms with E-state index in [0.717, 1.165) is 6.54 Å². The molecule has 1 fully saturated rings. The number of hydrogen-bond acceptors (Lipinski definition) is 4. The molecule has 0 saturated carbocycles. The number of hydrogen-bond donors (Lipinski definition) is 2. The van der Waals surface area contributed by atoms with Crippen molar-refractivity contribution < 1.29 is 5.11 Å². The van der Waals surface area contributed by atoms with Gasteiger partial charge in [0.25, 0.3) is 0 Å². The van der Waals surface area contributed by atoms with Crippen molar-refractivity contribution in [3.63, 3.8) is 0 Å². The molecule has 0 atom stereocenters. The van der Waals surface area contributed by atoms with Gasteiger partial charge in [-0.25, -0.2) is 0 Å². The molecule has 1 saturated heterocycles. The van der Waals surface area contributed by atoms with Crippen LogP contribution in [0.15, 0.2) is 0 Å². The van der Waals surface area contributed by atoms with Crippen molar-refractivity contribution in [3.05, 3.63) is 0 Å². The van der Waals surface area contributed by atoms with Crippen molar-refractivity contribution in [2.75, 3.05) is 60.5 Å². The smallest absolute Gasteiger partial charge is 0.0479 e. The number of aliphatic hydroxyl groups excluding tert-OH is 1. The van der Waals surface area contributed by atoms with Gasteiger partial charge in [0.05, 0.1) is 0 Å². The highest BCUT2D eigenvalue weighted by Gasteiger charge is 2.13. The van der Waals surface area contributed by atoms with Crippen molar-refractivity contribution in [2.45, 2.75) is 195 Å². The van der Waals surface area contributed by atoms with Gasteiger partial charge in [-0.1, -0.05) is 137 Å². The SMILES string of the molecule is C.CC(C)(C)CCCN1CCCCC1.CC(C)(C)CO.CCCCC(C)(C)C.CN(C)CCCC(C)(C)C.CNCCCC(C)(C)C. The first-order chi connectivity index (χ1) is 20.7. The second-order valence-corrected chi connectivity index (χ2v) is 20.2. The van der Waals surface area contributed by atoms with Gasteiger partial charge in [0, 0.05) is 6.61 Å². The van der Waals surface area contributed by atoms with E-state index in [0.29, 0.717) is 21.7 Å². The zero-order valence-electron chi connectivity index (χ0n) is 36.1. The number of likely N-dealkylation sites (tertiary alicyclic amines) is 1. The Labute approximate surface area is 302 Å². The number of piperidine rings is 1. The third-order valence-corrected chi connectivity index (χ3v) is 7.49. The van der Waals surface area contributed by atoms with E-state index in [1.54, 1.807) is 0 Å². The molecule has 0 aromatic heterocycles. The fraction of sp³-hybridized carbons (Fsp3) is 1.00. The van der Waals surface area contributed by atoms with Gasteiger partial charge in [0.1, 0.15) is 0 Å². The summed E-state index contributed by atoms with van der Waals surface area (Å²) in [6, 6.07) is 0. The standard InChI is InChI=1S/C12H25N.C9H21N.C8H19N.C8H18.C5H12O.CH4/c1-12(2,3)8-7-11-13-9-5-4-6-10-13;1-9(2,3)7-6-8-10(4)5;1-8(2,3)6-5-7-9-4;1-5-6-7-8(2,3)4;1-5(2,3)4-6;/h4-11H2,1-3H3;6-8H2,1-5H3;9H,5-7H2,1-4H3;5-7H2,1-4H3;6H,4H2,1-3H3;1H4. The molecular formula is C43H99N3O. The molecule has 1 heterocycles. The van der Waals surface area contributed by atoms with Crippen LogP contribution in [-0.2, 0) is 0 Å². The van der Waals surface area contributed by atoms with E-state index in [-0.39, 0.29) is 19.4 Å². The minimum Gasteiger partial charge on any atom is -0.396 e. The molecule has 0 bridgehead atoms. The number of nitrogens with zero attached hydrogens (tertiary/aromatic N) is 2. The highest BCUT2D eigenvalue weighted by molar-refractivity contribution is 4.67. The van der Waals surface area contributed by atoms with Crippen LogP contribution in [0.5, 0.6) is 0 Å². The van der Waals surface area contributed by atoms with E-state index in [2.05, 4.69) is 119 Å². The molecule has 4 heteroatoms. The summed E-state index contributed by atoms with van der Waals surface area (Å²) in [5.41, 5.74) is 2.19. The normalized spacial score (nSPS) is 14.2. The van der Waals surface area contributed by atoms with Gasteiger partial charge < -0.3 is 20.2 Å². The maximum Gasteiger partial charge on any atom is 0.0479 e. The number of aliphatic hydroxyl groups is 1. The molecule has 0 unspecified atom stereocenters.